The van der Waals surface area contributed by atoms with Crippen LogP contribution in [0.15, 0.2) is 48.5 Å². The summed E-state index contributed by atoms with van der Waals surface area (Å²) in [7, 11) is 3.26. The van der Waals surface area contributed by atoms with Crippen molar-refractivity contribution < 1.29 is 35.9 Å². The molecule has 2 aromatic carbocycles. The van der Waals surface area contributed by atoms with E-state index in [-0.39, 0.29) is 11.8 Å². The van der Waals surface area contributed by atoms with Crippen molar-refractivity contribution in [2.75, 3.05) is 38.7 Å². The minimum absolute atomic E-state index is 0.112. The van der Waals surface area contributed by atoms with Crippen LogP contribution in [0, 0.1) is 23.7 Å². The molecule has 4 aliphatic rings. The molecule has 0 bridgehead atoms. The molecule has 2 saturated carbocycles. The van der Waals surface area contributed by atoms with Crippen molar-refractivity contribution in [1.29, 1.82) is 0 Å². The van der Waals surface area contributed by atoms with Gasteiger partial charge < -0.3 is 16.4 Å². The summed E-state index contributed by atoms with van der Waals surface area (Å²) in [5.74, 6) is -2.73. The topological polar surface area (TPSA) is 92.7 Å². The molecule has 6 nitrogen and oxygen atoms in total. The quantitative estimate of drug-likeness (QED) is 0.325. The van der Waals surface area contributed by atoms with Crippen molar-refractivity contribution in [3.8, 4) is 0 Å². The monoisotopic (exact) mass is 568 g/mol. The Morgan fingerprint density at radius 2 is 1.15 bits per heavy atom. The van der Waals surface area contributed by atoms with Crippen LogP contribution in [-0.4, -0.2) is 61.2 Å². The fraction of sp³-hybridized carbons (Fsp3) is 0.500. The van der Waals surface area contributed by atoms with E-state index >= 15 is 0 Å². The van der Waals surface area contributed by atoms with E-state index in [0.29, 0.717) is 16.9 Å². The summed E-state index contributed by atoms with van der Waals surface area (Å²) in [4.78, 5) is 27.1. The first-order valence-corrected chi connectivity index (χ1v) is 12.9. The summed E-state index contributed by atoms with van der Waals surface area (Å²) >= 11 is 0. The number of nitrogens with zero attached hydrogens (tertiary/aromatic N) is 2. The second kappa shape index (κ2) is 9.12. The highest BCUT2D eigenvalue weighted by Crippen LogP contribution is 2.69. The number of nitrogens with two attached hydrogens (primary N) is 2. The summed E-state index contributed by atoms with van der Waals surface area (Å²) in [5, 5.41) is 0. The van der Waals surface area contributed by atoms with Gasteiger partial charge in [0.1, 0.15) is 0 Å². The number of piperidine rings is 2. The molecule has 40 heavy (non-hydrogen) atoms. The highest BCUT2D eigenvalue weighted by molar-refractivity contribution is 6.11. The van der Waals surface area contributed by atoms with E-state index in [4.69, 9.17) is 11.5 Å². The number of carbonyl (C=O) groups is 2. The van der Waals surface area contributed by atoms with Gasteiger partial charge in [0, 0.05) is 42.3 Å². The second-order valence-corrected chi connectivity index (χ2v) is 11.5. The zero-order chi connectivity index (χ0) is 29.4. The lowest BCUT2D eigenvalue weighted by molar-refractivity contribution is -0.151. The number of anilines is 2. The van der Waals surface area contributed by atoms with Gasteiger partial charge in [-0.05, 0) is 54.3 Å². The van der Waals surface area contributed by atoms with Crippen molar-refractivity contribution >= 4 is 23.2 Å². The molecule has 2 aliphatic heterocycles. The van der Waals surface area contributed by atoms with E-state index in [0.717, 1.165) is 23.6 Å². The summed E-state index contributed by atoms with van der Waals surface area (Å²) in [6.07, 6.45) is -10.5. The molecule has 2 aromatic rings. The Kier molecular flexibility index (Phi) is 6.44. The van der Waals surface area contributed by atoms with E-state index in [2.05, 4.69) is 4.90 Å². The third kappa shape index (κ3) is 4.59. The van der Waals surface area contributed by atoms with Crippen molar-refractivity contribution in [2.45, 2.75) is 36.0 Å². The normalized spacial score (nSPS) is 32.9. The first-order chi connectivity index (χ1) is 18.5. The number of hydrogen-bond acceptors (Lipinski definition) is 5. The molecule has 216 valence electrons. The van der Waals surface area contributed by atoms with Crippen molar-refractivity contribution in [1.82, 2.24) is 9.80 Å². The molecule has 12 heteroatoms. The predicted octanol–water partition coefficient (Wildman–Crippen LogP) is 4.35. The number of halogens is 6. The summed E-state index contributed by atoms with van der Waals surface area (Å²) in [6, 6.07) is 13.0. The Morgan fingerprint density at radius 1 is 0.750 bits per heavy atom. The van der Waals surface area contributed by atoms with Crippen LogP contribution in [0.2, 0.25) is 0 Å². The average molecular weight is 569 g/mol. The van der Waals surface area contributed by atoms with Crippen LogP contribution >= 0.6 is 0 Å². The van der Waals surface area contributed by atoms with Crippen molar-refractivity contribution in [3.63, 3.8) is 0 Å². The van der Waals surface area contributed by atoms with Gasteiger partial charge in [0.05, 0.1) is 24.7 Å². The molecule has 4 N–H and O–H groups in total. The van der Waals surface area contributed by atoms with Crippen LogP contribution in [0.4, 0.5) is 37.7 Å². The minimum atomic E-state index is -4.46. The van der Waals surface area contributed by atoms with E-state index < -0.39 is 59.7 Å². The lowest BCUT2D eigenvalue weighted by atomic mass is 9.86. The minimum Gasteiger partial charge on any atom is -0.399 e. The van der Waals surface area contributed by atoms with Gasteiger partial charge in [0.2, 0.25) is 11.8 Å². The molecule has 2 aliphatic carbocycles. The Labute approximate surface area is 227 Å². The summed E-state index contributed by atoms with van der Waals surface area (Å²) in [5.41, 5.74) is 11.1. The number of imide groups is 1. The van der Waals surface area contributed by atoms with Crippen LogP contribution in [0.25, 0.3) is 0 Å². The molecule has 0 spiro atoms. The molecule has 0 radical (unpaired) electrons. The van der Waals surface area contributed by atoms with Crippen molar-refractivity contribution in [2.24, 2.45) is 23.7 Å². The number of nitrogen functional groups attached to an aromatic ring is 2. The van der Waals surface area contributed by atoms with Gasteiger partial charge in [-0.3, -0.25) is 14.5 Å². The maximum absolute atomic E-state index is 13.0. The molecule has 2 heterocycles. The fourth-order valence-electron chi connectivity index (χ4n) is 7.42. The number of rotatable bonds is 4. The van der Waals surface area contributed by atoms with Crippen LogP contribution in [-0.2, 0) is 20.4 Å². The maximum atomic E-state index is 13.0. The first-order valence-electron chi connectivity index (χ1n) is 12.9. The Morgan fingerprint density at radius 3 is 1.55 bits per heavy atom. The molecule has 4 unspecified atom stereocenters. The zero-order valence-corrected chi connectivity index (χ0v) is 21.9. The summed E-state index contributed by atoms with van der Waals surface area (Å²) < 4.78 is 77.7. The number of carbonyl (C=O) groups excluding carboxylic acids is 2. The van der Waals surface area contributed by atoms with E-state index in [1.165, 1.54) is 25.2 Å². The fourth-order valence-corrected chi connectivity index (χ4v) is 7.42. The van der Waals surface area contributed by atoms with Crippen molar-refractivity contribution in [3.05, 3.63) is 59.7 Å². The number of benzene rings is 2. The van der Waals surface area contributed by atoms with Gasteiger partial charge in [-0.15, -0.1) is 0 Å². The molecule has 4 atom stereocenters. The van der Waals surface area contributed by atoms with E-state index in [1.807, 2.05) is 7.05 Å². The molecule has 0 aromatic heterocycles. The Bertz CT molecular complexity index is 1310. The standard InChI is InChI=1S/C14H13F3N2O2.C14H17F3N2/c1-19-11(20)9-10(12(19)21)13(9,6-14(15,16)17)7-3-2-4-8(18)5-7;1-19-6-11-12(7-19)13(11,8-14(15,16)17)9-3-2-4-10(18)5-9/h2-5,9-10H,6,18H2,1H3;2-5,11-12H,6-8,18H2,1H3. The first kappa shape index (κ1) is 28.3. The molecular formula is C28H30F6N4O2. The molecule has 2 saturated heterocycles. The molecule has 2 amide bonds. The number of likely N-dealkylation sites (tertiary alicyclic amines) is 2. The van der Waals surface area contributed by atoms with Crippen LogP contribution in [0.3, 0.4) is 0 Å². The number of amides is 2. The third-order valence-electron chi connectivity index (χ3n) is 9.08. The highest BCUT2D eigenvalue weighted by atomic mass is 19.4. The molecular weight excluding hydrogens is 538 g/mol. The van der Waals surface area contributed by atoms with Gasteiger partial charge in [0.25, 0.3) is 0 Å². The number of alkyl halides is 6. The van der Waals surface area contributed by atoms with Crippen LogP contribution < -0.4 is 11.5 Å². The maximum Gasteiger partial charge on any atom is 0.390 e. The largest absolute Gasteiger partial charge is 0.399 e. The molecule has 4 fully saturated rings. The Balaban J connectivity index is 0.000000162. The van der Waals surface area contributed by atoms with E-state index in [9.17, 15) is 35.9 Å². The SMILES string of the molecule is CN1C(=O)C2C(C1=O)C2(CC(F)(F)F)c1cccc(N)c1.CN1CC2C(C1)C2(CC(F)(F)F)c1cccc(N)c1. The lowest BCUT2D eigenvalue weighted by Crippen LogP contribution is -2.38. The van der Waals surface area contributed by atoms with Crippen LogP contribution in [0.5, 0.6) is 0 Å². The average Bonchev–Trinajstić information content (AvgIpc) is 3.53. The molecule has 6 rings (SSSR count). The number of hydrogen-bond donors (Lipinski definition) is 2. The van der Waals surface area contributed by atoms with Gasteiger partial charge in [-0.1, -0.05) is 24.3 Å². The van der Waals surface area contributed by atoms with Gasteiger partial charge in [-0.2, -0.15) is 26.3 Å². The van der Waals surface area contributed by atoms with Gasteiger partial charge in [0.15, 0.2) is 0 Å². The third-order valence-corrected chi connectivity index (χ3v) is 9.08. The number of fused-ring (bicyclic) bond motifs is 2. The van der Waals surface area contributed by atoms with Gasteiger partial charge in [-0.25, -0.2) is 0 Å². The second-order valence-electron chi connectivity index (χ2n) is 11.5. The zero-order valence-electron chi connectivity index (χ0n) is 21.9. The van der Waals surface area contributed by atoms with E-state index in [1.54, 1.807) is 30.3 Å². The summed E-state index contributed by atoms with van der Waals surface area (Å²) in [6.45, 7) is 1.49. The predicted molar refractivity (Wildman–Crippen MR) is 136 cm³/mol. The Hall–Kier alpha value is -3.28. The van der Waals surface area contributed by atoms with Gasteiger partial charge >= 0.3 is 12.4 Å². The smallest absolute Gasteiger partial charge is 0.390 e. The highest BCUT2D eigenvalue weighted by Gasteiger charge is 2.79. The lowest BCUT2D eigenvalue weighted by Gasteiger charge is -2.26. The van der Waals surface area contributed by atoms with Crippen LogP contribution in [0.1, 0.15) is 24.0 Å².